The van der Waals surface area contributed by atoms with E-state index in [0.29, 0.717) is 16.9 Å². The van der Waals surface area contributed by atoms with Gasteiger partial charge in [0.15, 0.2) is 0 Å². The second-order valence-corrected chi connectivity index (χ2v) is 11.9. The van der Waals surface area contributed by atoms with Crippen LogP contribution in [0.5, 0.6) is 5.75 Å². The first kappa shape index (κ1) is 30.7. The Morgan fingerprint density at radius 3 is 2.15 bits per heavy atom. The van der Waals surface area contributed by atoms with Crippen LogP contribution in [0.3, 0.4) is 0 Å². The Balaban J connectivity index is 1.90. The van der Waals surface area contributed by atoms with Crippen molar-refractivity contribution in [2.24, 2.45) is 0 Å². The van der Waals surface area contributed by atoms with Crippen LogP contribution in [0.1, 0.15) is 18.5 Å². The van der Waals surface area contributed by atoms with E-state index >= 15 is 0 Å². The van der Waals surface area contributed by atoms with Gasteiger partial charge in [0.2, 0.25) is 0 Å². The van der Waals surface area contributed by atoms with Crippen LogP contribution in [0.25, 0.3) is 0 Å². The highest BCUT2D eigenvalue weighted by Gasteiger charge is 2.40. The van der Waals surface area contributed by atoms with Crippen LogP contribution in [0.15, 0.2) is 111 Å². The average molecular weight is 713 g/mol. The van der Waals surface area contributed by atoms with E-state index in [-0.39, 0.29) is 10.6 Å². The van der Waals surface area contributed by atoms with E-state index in [1.54, 1.807) is 37.3 Å². The molecule has 0 radical (unpaired) electrons. The smallest absolute Gasteiger partial charge is 0.573 e. The van der Waals surface area contributed by atoms with Gasteiger partial charge in [-0.15, -0.1) is 13.2 Å². The van der Waals surface area contributed by atoms with Gasteiger partial charge in [-0.1, -0.05) is 56.1 Å². The molecule has 4 aromatic rings. The van der Waals surface area contributed by atoms with E-state index in [1.807, 2.05) is 24.3 Å². The van der Waals surface area contributed by atoms with Gasteiger partial charge in [-0.2, -0.15) is 4.31 Å². The van der Waals surface area contributed by atoms with E-state index in [1.165, 1.54) is 46.8 Å². The van der Waals surface area contributed by atoms with Crippen molar-refractivity contribution in [3.05, 3.63) is 122 Å². The zero-order chi connectivity index (χ0) is 29.7. The summed E-state index contributed by atoms with van der Waals surface area (Å²) in [6.45, 7) is 1.78. The van der Waals surface area contributed by atoms with Crippen molar-refractivity contribution in [3.63, 3.8) is 0 Å². The van der Waals surface area contributed by atoms with Crippen LogP contribution in [-0.2, 0) is 11.4 Å². The molecule has 0 saturated heterocycles. The lowest BCUT2D eigenvalue weighted by atomic mass is 9.99. The predicted octanol–water partition coefficient (Wildman–Crippen LogP) is 8.79. The van der Waals surface area contributed by atoms with Gasteiger partial charge in [0, 0.05) is 26.8 Å². The monoisotopic (exact) mass is 711 g/mol. The van der Waals surface area contributed by atoms with E-state index in [0.717, 1.165) is 8.95 Å². The molecule has 0 heterocycles. The molecule has 4 rings (SSSR count). The van der Waals surface area contributed by atoms with E-state index in [9.17, 15) is 27.8 Å². The molecule has 0 bridgehead atoms. The second-order valence-electron chi connectivity index (χ2n) is 8.78. The number of hydrogen-bond acceptors (Lipinski definition) is 6. The molecule has 13 heteroatoms. The second kappa shape index (κ2) is 13.1. The summed E-state index contributed by atoms with van der Waals surface area (Å²) in [5, 5.41) is 15.2. The number of nitro benzene ring substituents is 1. The predicted molar refractivity (Wildman–Crippen MR) is 159 cm³/mol. The minimum atomic E-state index is -4.92. The van der Waals surface area contributed by atoms with Gasteiger partial charge in [-0.3, -0.25) is 10.1 Å². The van der Waals surface area contributed by atoms with Crippen molar-refractivity contribution in [2.45, 2.75) is 30.3 Å². The standard InChI is InChI=1S/C28H22Br2F3N3O4S/c1-18(34-22-13-9-20(29)10-14-22)27(19-5-4-6-24(17-19)40-28(31,32)33)35(23-15-11-21(30)12-16-23)41(39)26-8-3-2-7-25(26)36(37)38/h2-18,27,34H,1H3. The molecule has 4 aromatic carbocycles. The van der Waals surface area contributed by atoms with Crippen molar-refractivity contribution < 1.29 is 27.4 Å². The molecular formula is C28H22Br2F3N3O4S. The molecule has 0 saturated carbocycles. The number of anilines is 2. The van der Waals surface area contributed by atoms with Gasteiger partial charge in [0.25, 0.3) is 4.90 Å². The largest absolute Gasteiger partial charge is 0.588 e. The number of nitrogens with zero attached hydrogens (tertiary/aromatic N) is 2. The number of hydrogen-bond donors (Lipinski definition) is 1. The minimum Gasteiger partial charge on any atom is -0.588 e. The molecule has 1 N–H and O–H groups in total. The van der Waals surface area contributed by atoms with Gasteiger partial charge < -0.3 is 14.6 Å². The van der Waals surface area contributed by atoms with Crippen LogP contribution >= 0.6 is 31.9 Å². The SMILES string of the molecule is CC(Nc1ccc(Br)cc1)C(c1cccc(OC(F)(F)F)c1)N(c1ccc(Br)cc1)[S+]([O-])c1ccccc1[N+](=O)[O-]. The highest BCUT2D eigenvalue weighted by molar-refractivity contribution is 9.10. The lowest BCUT2D eigenvalue weighted by Crippen LogP contribution is -2.43. The Hall–Kier alpha value is -3.26. The highest BCUT2D eigenvalue weighted by Crippen LogP contribution is 2.40. The molecule has 0 aliphatic heterocycles. The summed E-state index contributed by atoms with van der Waals surface area (Å²) in [6, 6.07) is 23.6. The van der Waals surface area contributed by atoms with Crippen LogP contribution in [0.2, 0.25) is 0 Å². The molecule has 7 nitrogen and oxygen atoms in total. The van der Waals surface area contributed by atoms with E-state index < -0.39 is 40.5 Å². The molecular weight excluding hydrogens is 691 g/mol. The summed E-state index contributed by atoms with van der Waals surface area (Å²) in [4.78, 5) is 11.2. The lowest BCUT2D eigenvalue weighted by molar-refractivity contribution is -0.387. The fraction of sp³-hybridized carbons (Fsp3) is 0.143. The summed E-state index contributed by atoms with van der Waals surface area (Å²) in [7, 11) is 0. The Labute approximate surface area is 254 Å². The van der Waals surface area contributed by atoms with Gasteiger partial charge in [-0.05, 0) is 73.2 Å². The lowest BCUT2D eigenvalue weighted by Gasteiger charge is -2.37. The van der Waals surface area contributed by atoms with Gasteiger partial charge in [0.05, 0.1) is 16.7 Å². The number of para-hydroxylation sites is 1. The van der Waals surface area contributed by atoms with Gasteiger partial charge >= 0.3 is 12.0 Å². The maximum absolute atomic E-state index is 14.4. The quantitative estimate of drug-likeness (QED) is 0.100. The molecule has 3 atom stereocenters. The molecule has 0 aliphatic carbocycles. The number of ether oxygens (including phenoxy) is 1. The summed E-state index contributed by atoms with van der Waals surface area (Å²) in [5.74, 6) is -0.455. The molecule has 214 valence electrons. The molecule has 0 aliphatic rings. The number of alkyl halides is 3. The number of halogens is 5. The molecule has 0 amide bonds. The van der Waals surface area contributed by atoms with Crippen molar-refractivity contribution in [1.82, 2.24) is 0 Å². The Bertz CT molecular complexity index is 1490. The third-order valence-electron chi connectivity index (χ3n) is 5.91. The van der Waals surface area contributed by atoms with Crippen LogP contribution in [0.4, 0.5) is 30.2 Å². The maximum Gasteiger partial charge on any atom is 0.573 e. The Kier molecular flexibility index (Phi) is 9.84. The first-order chi connectivity index (χ1) is 19.4. The van der Waals surface area contributed by atoms with Gasteiger partial charge in [0.1, 0.15) is 23.2 Å². The van der Waals surface area contributed by atoms with Crippen LogP contribution in [0, 0.1) is 10.1 Å². The third kappa shape index (κ3) is 7.94. The fourth-order valence-electron chi connectivity index (χ4n) is 4.22. The van der Waals surface area contributed by atoms with E-state index in [2.05, 4.69) is 41.9 Å². The first-order valence-corrected chi connectivity index (χ1v) is 14.7. The van der Waals surface area contributed by atoms with Crippen molar-refractivity contribution in [1.29, 1.82) is 0 Å². The van der Waals surface area contributed by atoms with Gasteiger partial charge in [-0.25, -0.2) is 0 Å². The Morgan fingerprint density at radius 1 is 0.927 bits per heavy atom. The molecule has 0 aromatic heterocycles. The Morgan fingerprint density at radius 2 is 1.54 bits per heavy atom. The number of nitrogens with one attached hydrogen (secondary N) is 1. The van der Waals surface area contributed by atoms with Crippen molar-refractivity contribution in [3.8, 4) is 5.75 Å². The topological polar surface area (TPSA) is 90.7 Å². The molecule has 41 heavy (non-hydrogen) atoms. The summed E-state index contributed by atoms with van der Waals surface area (Å²) >= 11 is 4.59. The number of benzene rings is 4. The van der Waals surface area contributed by atoms with Crippen LogP contribution in [-0.4, -0.2) is 21.9 Å². The van der Waals surface area contributed by atoms with E-state index in [4.69, 9.17) is 0 Å². The first-order valence-electron chi connectivity index (χ1n) is 12.0. The highest BCUT2D eigenvalue weighted by atomic mass is 79.9. The van der Waals surface area contributed by atoms with Crippen molar-refractivity contribution in [2.75, 3.05) is 9.62 Å². The summed E-state index contributed by atoms with van der Waals surface area (Å²) < 4.78 is 60.9. The maximum atomic E-state index is 14.4. The summed E-state index contributed by atoms with van der Waals surface area (Å²) in [6.07, 6.45) is -4.92. The normalized spacial score (nSPS) is 13.6. The summed E-state index contributed by atoms with van der Waals surface area (Å²) in [5.41, 5.74) is 1.09. The minimum absolute atomic E-state index is 0.0658. The molecule has 3 unspecified atom stereocenters. The molecule has 0 fully saturated rings. The average Bonchev–Trinajstić information content (AvgIpc) is 2.92. The molecule has 0 spiro atoms. The number of nitro groups is 1. The van der Waals surface area contributed by atoms with Crippen LogP contribution < -0.4 is 14.4 Å². The zero-order valence-corrected chi connectivity index (χ0v) is 25.2. The van der Waals surface area contributed by atoms with Crippen molar-refractivity contribution >= 4 is 60.3 Å². The fourth-order valence-corrected chi connectivity index (χ4v) is 6.30. The third-order valence-corrected chi connectivity index (χ3v) is 8.48. The number of rotatable bonds is 10. The zero-order valence-electron chi connectivity index (χ0n) is 21.2.